The molecule has 0 saturated carbocycles. The normalized spacial score (nSPS) is 11.8. The molecule has 1 rings (SSSR count). The highest BCUT2D eigenvalue weighted by atomic mass is 19.4. The predicted octanol–water partition coefficient (Wildman–Crippen LogP) is 0.839. The Morgan fingerprint density at radius 2 is 2.13 bits per heavy atom. The summed E-state index contributed by atoms with van der Waals surface area (Å²) in [4.78, 5) is 12.1. The second-order valence-corrected chi connectivity index (χ2v) is 2.68. The van der Waals surface area contributed by atoms with E-state index in [9.17, 15) is 23.3 Å². The summed E-state index contributed by atoms with van der Waals surface area (Å²) in [7, 11) is 0.953. The molecule has 0 spiro atoms. The second kappa shape index (κ2) is 3.50. The van der Waals surface area contributed by atoms with Crippen molar-refractivity contribution in [3.63, 3.8) is 0 Å². The summed E-state index contributed by atoms with van der Waals surface area (Å²) in [6.45, 7) is -0.879. The van der Waals surface area contributed by atoms with Crippen molar-refractivity contribution in [1.29, 1.82) is 0 Å². The molecule has 0 aliphatic carbocycles. The van der Waals surface area contributed by atoms with Gasteiger partial charge in [-0.25, -0.2) is 0 Å². The SMILES string of the molecule is Cn1c(C(F)(F)F)nc([N+](=O)[O-])c1CO. The van der Waals surface area contributed by atoms with Gasteiger partial charge in [-0.2, -0.15) is 13.2 Å². The largest absolute Gasteiger partial charge is 0.475 e. The van der Waals surface area contributed by atoms with Crippen LogP contribution < -0.4 is 0 Å². The van der Waals surface area contributed by atoms with Crippen LogP contribution in [0.3, 0.4) is 0 Å². The first-order chi connectivity index (χ1) is 6.79. The lowest BCUT2D eigenvalue weighted by molar-refractivity contribution is -0.390. The van der Waals surface area contributed by atoms with Crippen molar-refractivity contribution in [1.82, 2.24) is 9.55 Å². The number of halogens is 3. The minimum atomic E-state index is -4.78. The minimum Gasteiger partial charge on any atom is -0.390 e. The zero-order valence-corrected chi connectivity index (χ0v) is 7.45. The van der Waals surface area contributed by atoms with E-state index in [-0.39, 0.29) is 0 Å². The van der Waals surface area contributed by atoms with E-state index in [0.29, 0.717) is 4.57 Å². The van der Waals surface area contributed by atoms with Crippen molar-refractivity contribution >= 4 is 5.82 Å². The third-order valence-electron chi connectivity index (χ3n) is 1.77. The van der Waals surface area contributed by atoms with Gasteiger partial charge >= 0.3 is 17.8 Å². The minimum absolute atomic E-state index is 0.456. The fourth-order valence-corrected chi connectivity index (χ4v) is 1.09. The van der Waals surface area contributed by atoms with Crippen molar-refractivity contribution in [2.75, 3.05) is 0 Å². The lowest BCUT2D eigenvalue weighted by Crippen LogP contribution is -2.13. The van der Waals surface area contributed by atoms with E-state index in [4.69, 9.17) is 5.11 Å². The molecule has 0 aliphatic heterocycles. The van der Waals surface area contributed by atoms with Crippen LogP contribution in [0.15, 0.2) is 0 Å². The molecule has 1 heterocycles. The molecular formula is C6H6F3N3O3. The summed E-state index contributed by atoms with van der Waals surface area (Å²) in [6.07, 6.45) is -4.78. The Balaban J connectivity index is 3.40. The maximum absolute atomic E-state index is 12.3. The molecule has 9 heteroatoms. The van der Waals surface area contributed by atoms with Gasteiger partial charge in [-0.05, 0) is 9.91 Å². The summed E-state index contributed by atoms with van der Waals surface area (Å²) < 4.78 is 37.2. The van der Waals surface area contributed by atoms with Crippen LogP contribution in [0.5, 0.6) is 0 Å². The smallest absolute Gasteiger partial charge is 0.390 e. The third kappa shape index (κ3) is 1.91. The zero-order valence-electron chi connectivity index (χ0n) is 7.45. The molecule has 15 heavy (non-hydrogen) atoms. The van der Waals surface area contributed by atoms with E-state index in [2.05, 4.69) is 4.98 Å². The van der Waals surface area contributed by atoms with Crippen molar-refractivity contribution < 1.29 is 23.2 Å². The van der Waals surface area contributed by atoms with Gasteiger partial charge in [-0.3, -0.25) is 4.57 Å². The van der Waals surface area contributed by atoms with Crippen LogP contribution in [-0.2, 0) is 19.8 Å². The van der Waals surface area contributed by atoms with Gasteiger partial charge in [0, 0.05) is 7.05 Å². The Morgan fingerprint density at radius 1 is 1.60 bits per heavy atom. The maximum atomic E-state index is 12.3. The summed E-state index contributed by atoms with van der Waals surface area (Å²) in [5, 5.41) is 19.0. The topological polar surface area (TPSA) is 81.2 Å². The van der Waals surface area contributed by atoms with Gasteiger partial charge in [0.05, 0.1) is 6.61 Å². The van der Waals surface area contributed by atoms with E-state index < -0.39 is 35.0 Å². The van der Waals surface area contributed by atoms with Crippen LogP contribution in [0.25, 0.3) is 0 Å². The molecule has 0 aliphatic rings. The number of alkyl halides is 3. The van der Waals surface area contributed by atoms with Crippen LogP contribution in [0.4, 0.5) is 19.0 Å². The lowest BCUT2D eigenvalue weighted by Gasteiger charge is -2.02. The number of hydrogen-bond donors (Lipinski definition) is 1. The predicted molar refractivity (Wildman–Crippen MR) is 40.8 cm³/mol. The van der Waals surface area contributed by atoms with Gasteiger partial charge in [0.15, 0.2) is 0 Å². The molecule has 0 fully saturated rings. The van der Waals surface area contributed by atoms with Gasteiger partial charge in [0.2, 0.25) is 0 Å². The van der Waals surface area contributed by atoms with Crippen LogP contribution >= 0.6 is 0 Å². The first kappa shape index (κ1) is 11.4. The van der Waals surface area contributed by atoms with Crippen molar-refractivity contribution in [2.24, 2.45) is 7.05 Å². The Bertz CT molecular complexity index is 398. The number of imidazole rings is 1. The van der Waals surface area contributed by atoms with E-state index >= 15 is 0 Å². The number of nitro groups is 1. The number of nitrogens with zero attached hydrogens (tertiary/aromatic N) is 3. The number of aliphatic hydroxyl groups is 1. The highest BCUT2D eigenvalue weighted by Crippen LogP contribution is 2.31. The molecule has 0 saturated heterocycles. The van der Waals surface area contributed by atoms with Crippen LogP contribution in [0.2, 0.25) is 0 Å². The molecule has 0 unspecified atom stereocenters. The Hall–Kier alpha value is -1.64. The second-order valence-electron chi connectivity index (χ2n) is 2.68. The first-order valence-electron chi connectivity index (χ1n) is 3.67. The molecule has 0 radical (unpaired) electrons. The van der Waals surface area contributed by atoms with Crippen LogP contribution in [-0.4, -0.2) is 19.6 Å². The molecule has 0 amide bonds. The Morgan fingerprint density at radius 3 is 2.40 bits per heavy atom. The third-order valence-corrected chi connectivity index (χ3v) is 1.77. The van der Waals surface area contributed by atoms with E-state index in [1.807, 2.05) is 0 Å². The molecular weight excluding hydrogens is 219 g/mol. The van der Waals surface area contributed by atoms with Crippen molar-refractivity contribution in [3.05, 3.63) is 21.6 Å². The van der Waals surface area contributed by atoms with Gasteiger partial charge in [0.25, 0.3) is 0 Å². The molecule has 1 aromatic rings. The fourth-order valence-electron chi connectivity index (χ4n) is 1.09. The number of aromatic nitrogens is 2. The summed E-state index contributed by atoms with van der Waals surface area (Å²) in [5.74, 6) is -2.38. The van der Waals surface area contributed by atoms with Gasteiger partial charge in [-0.1, -0.05) is 0 Å². The maximum Gasteiger partial charge on any atom is 0.475 e. The van der Waals surface area contributed by atoms with E-state index in [1.165, 1.54) is 0 Å². The molecule has 6 nitrogen and oxygen atoms in total. The standard InChI is InChI=1S/C6H6F3N3O3/c1-11-3(2-13)4(12(14)15)10-5(11)6(7,8)9/h13H,2H2,1H3. The Labute approximate surface area is 81.1 Å². The highest BCUT2D eigenvalue weighted by Gasteiger charge is 2.44. The lowest BCUT2D eigenvalue weighted by atomic mass is 10.4. The van der Waals surface area contributed by atoms with Crippen LogP contribution in [0.1, 0.15) is 11.5 Å². The average Bonchev–Trinajstić information content (AvgIpc) is 2.41. The first-order valence-corrected chi connectivity index (χ1v) is 3.67. The molecule has 0 aromatic carbocycles. The van der Waals surface area contributed by atoms with Crippen LogP contribution in [0, 0.1) is 10.1 Å². The monoisotopic (exact) mass is 225 g/mol. The van der Waals surface area contributed by atoms with E-state index in [1.54, 1.807) is 0 Å². The average molecular weight is 225 g/mol. The highest BCUT2D eigenvalue weighted by molar-refractivity contribution is 5.30. The molecule has 84 valence electrons. The zero-order chi connectivity index (χ0) is 11.8. The molecule has 1 aromatic heterocycles. The molecule has 1 N–H and O–H groups in total. The van der Waals surface area contributed by atoms with Gasteiger partial charge in [-0.15, -0.1) is 0 Å². The quantitative estimate of drug-likeness (QED) is 0.597. The van der Waals surface area contributed by atoms with Gasteiger partial charge < -0.3 is 15.2 Å². The number of aliphatic hydroxyl groups excluding tert-OH is 1. The molecule has 0 bridgehead atoms. The number of rotatable bonds is 2. The van der Waals surface area contributed by atoms with Crippen molar-refractivity contribution in [3.8, 4) is 0 Å². The Kier molecular flexibility index (Phi) is 2.67. The van der Waals surface area contributed by atoms with E-state index in [0.717, 1.165) is 7.05 Å². The summed E-state index contributed by atoms with van der Waals surface area (Å²) in [5.41, 5.74) is -0.479. The van der Waals surface area contributed by atoms with Gasteiger partial charge in [0.1, 0.15) is 5.69 Å². The van der Waals surface area contributed by atoms with Crippen molar-refractivity contribution in [2.45, 2.75) is 12.8 Å². The summed E-state index contributed by atoms with van der Waals surface area (Å²) in [6, 6.07) is 0. The summed E-state index contributed by atoms with van der Waals surface area (Å²) >= 11 is 0. The number of hydrogen-bond acceptors (Lipinski definition) is 4. The fraction of sp³-hybridized carbons (Fsp3) is 0.500. The molecule has 0 atom stereocenters.